The molecule has 192 valence electrons. The van der Waals surface area contributed by atoms with Gasteiger partial charge in [-0.3, -0.25) is 9.79 Å². The summed E-state index contributed by atoms with van der Waals surface area (Å²) >= 11 is 0. The van der Waals surface area contributed by atoms with Crippen LogP contribution in [0.4, 0.5) is 0 Å². The van der Waals surface area contributed by atoms with Crippen molar-refractivity contribution in [1.29, 1.82) is 0 Å². The molecule has 0 radical (unpaired) electrons. The van der Waals surface area contributed by atoms with Gasteiger partial charge in [0.25, 0.3) is 10.0 Å². The molecule has 0 spiro atoms. The number of rotatable bonds is 10. The molecule has 4 bridgehead atoms. The number of aryl methyl sites for hydroxylation is 1. The number of carbonyl (C=O) groups is 2. The lowest BCUT2D eigenvalue weighted by Gasteiger charge is -2.56. The second-order valence-corrected chi connectivity index (χ2v) is 12.6. The number of carboxylic acids is 1. The zero-order valence-electron chi connectivity index (χ0n) is 20.2. The van der Waals surface area contributed by atoms with Gasteiger partial charge < -0.3 is 16.2 Å². The summed E-state index contributed by atoms with van der Waals surface area (Å²) in [6, 6.07) is 5.33. The summed E-state index contributed by atoms with van der Waals surface area (Å²) in [5.74, 6) is 0.667. The molecule has 0 unspecified atom stereocenters. The lowest BCUT2D eigenvalue weighted by Crippen LogP contribution is -2.49. The summed E-state index contributed by atoms with van der Waals surface area (Å²) in [6.45, 7) is 1.99. The van der Waals surface area contributed by atoms with Gasteiger partial charge in [0.1, 0.15) is 6.04 Å². The van der Waals surface area contributed by atoms with Gasteiger partial charge in [-0.2, -0.15) is 0 Å². The molecular weight excluding hydrogens is 468 g/mol. The topological polar surface area (TPSA) is 151 Å². The van der Waals surface area contributed by atoms with E-state index >= 15 is 0 Å². The molecule has 5 N–H and O–H groups in total. The number of nitrogens with zero attached hydrogens (tertiary/aromatic N) is 1. The minimum atomic E-state index is -3.84. The van der Waals surface area contributed by atoms with Crippen LogP contribution < -0.4 is 15.8 Å². The number of aliphatic carboxylic acids is 1. The Kier molecular flexibility index (Phi) is 7.40. The van der Waals surface area contributed by atoms with E-state index in [2.05, 4.69) is 15.0 Å². The highest BCUT2D eigenvalue weighted by atomic mass is 32.2. The van der Waals surface area contributed by atoms with Crippen LogP contribution in [0.25, 0.3) is 0 Å². The normalized spacial score (nSPS) is 28.5. The Bertz CT molecular complexity index is 1050. The minimum absolute atomic E-state index is 0.0508. The highest BCUT2D eigenvalue weighted by Gasteiger charge is 2.51. The maximum atomic E-state index is 12.8. The first kappa shape index (κ1) is 25.5. The quantitative estimate of drug-likeness (QED) is 0.218. The Morgan fingerprint density at radius 3 is 2.23 bits per heavy atom. The first-order chi connectivity index (χ1) is 16.5. The van der Waals surface area contributed by atoms with Crippen LogP contribution in [-0.4, -0.2) is 43.9 Å². The van der Waals surface area contributed by atoms with Crippen molar-refractivity contribution in [1.82, 2.24) is 10.0 Å². The van der Waals surface area contributed by atoms with Gasteiger partial charge in [0, 0.05) is 13.0 Å². The monoisotopic (exact) mass is 504 g/mol. The second-order valence-electron chi connectivity index (χ2n) is 10.9. The Morgan fingerprint density at radius 2 is 1.69 bits per heavy atom. The average molecular weight is 505 g/mol. The number of amides is 1. The van der Waals surface area contributed by atoms with Crippen molar-refractivity contribution in [3.05, 3.63) is 29.8 Å². The molecule has 4 fully saturated rings. The molecule has 4 aliphatic rings. The molecule has 0 aliphatic heterocycles. The third-order valence-corrected chi connectivity index (χ3v) is 9.21. The molecule has 9 nitrogen and oxygen atoms in total. The van der Waals surface area contributed by atoms with Gasteiger partial charge in [-0.05, 0) is 93.6 Å². The predicted molar refractivity (Wildman–Crippen MR) is 132 cm³/mol. The molecule has 4 aliphatic carbocycles. The van der Waals surface area contributed by atoms with Crippen LogP contribution in [0, 0.1) is 30.1 Å². The number of sulfonamides is 1. The molecule has 4 saturated carbocycles. The van der Waals surface area contributed by atoms with Crippen LogP contribution in [0.2, 0.25) is 0 Å². The van der Waals surface area contributed by atoms with Gasteiger partial charge in [0.15, 0.2) is 0 Å². The third-order valence-electron chi connectivity index (χ3n) is 7.84. The molecule has 0 saturated heterocycles. The maximum Gasteiger partial charge on any atom is 0.326 e. The summed E-state index contributed by atoms with van der Waals surface area (Å²) in [5, 5.41) is 12.3. The first-order valence-corrected chi connectivity index (χ1v) is 13.9. The number of nitrogens with one attached hydrogen (secondary N) is 2. The SMILES string of the molecule is Cc1ccc(S(=O)(=O)NC(N)=NCCC[C@H](NC(=O)CC23CC4CC(CC(C4)C2)C3)C(=O)O)cc1. The van der Waals surface area contributed by atoms with Gasteiger partial charge in [-0.15, -0.1) is 0 Å². The fourth-order valence-corrected chi connectivity index (χ4v) is 7.74. The third kappa shape index (κ3) is 6.34. The minimum Gasteiger partial charge on any atom is -0.480 e. The van der Waals surface area contributed by atoms with Crippen LogP contribution in [0.15, 0.2) is 34.2 Å². The van der Waals surface area contributed by atoms with E-state index in [-0.39, 0.29) is 35.1 Å². The number of benzene rings is 1. The van der Waals surface area contributed by atoms with Crippen molar-refractivity contribution >= 4 is 27.9 Å². The Morgan fingerprint density at radius 1 is 1.11 bits per heavy atom. The fourth-order valence-electron chi connectivity index (χ4n) is 6.79. The molecule has 1 atom stereocenters. The lowest BCUT2D eigenvalue weighted by atomic mass is 9.49. The lowest BCUT2D eigenvalue weighted by molar-refractivity contribution is -0.143. The average Bonchev–Trinajstić information content (AvgIpc) is 2.74. The summed E-state index contributed by atoms with van der Waals surface area (Å²) in [5.41, 5.74) is 6.71. The van der Waals surface area contributed by atoms with Gasteiger partial charge in [-0.25, -0.2) is 17.9 Å². The Balaban J connectivity index is 1.24. The van der Waals surface area contributed by atoms with E-state index in [1.165, 1.54) is 31.4 Å². The van der Waals surface area contributed by atoms with E-state index in [0.717, 1.165) is 42.6 Å². The van der Waals surface area contributed by atoms with E-state index < -0.39 is 22.0 Å². The molecule has 1 amide bonds. The van der Waals surface area contributed by atoms with Crippen LogP contribution in [0.1, 0.15) is 63.4 Å². The fraction of sp³-hybridized carbons (Fsp3) is 0.640. The highest BCUT2D eigenvalue weighted by molar-refractivity contribution is 7.90. The van der Waals surface area contributed by atoms with Gasteiger partial charge in [-0.1, -0.05) is 17.7 Å². The van der Waals surface area contributed by atoms with Crippen molar-refractivity contribution in [3.63, 3.8) is 0 Å². The molecule has 0 aromatic heterocycles. The molecule has 10 heteroatoms. The van der Waals surface area contributed by atoms with Crippen molar-refractivity contribution in [2.45, 2.75) is 75.6 Å². The van der Waals surface area contributed by atoms with Gasteiger partial charge in [0.2, 0.25) is 11.9 Å². The molecule has 0 heterocycles. The highest BCUT2D eigenvalue weighted by Crippen LogP contribution is 2.61. The van der Waals surface area contributed by atoms with Crippen molar-refractivity contribution < 1.29 is 23.1 Å². The van der Waals surface area contributed by atoms with E-state index in [0.29, 0.717) is 12.8 Å². The molecular formula is C25H36N4O5S. The van der Waals surface area contributed by atoms with E-state index in [1.807, 2.05) is 6.92 Å². The molecule has 5 rings (SSSR count). The maximum absolute atomic E-state index is 12.8. The van der Waals surface area contributed by atoms with Crippen LogP contribution in [0.5, 0.6) is 0 Å². The molecule has 35 heavy (non-hydrogen) atoms. The smallest absolute Gasteiger partial charge is 0.326 e. The van der Waals surface area contributed by atoms with Crippen molar-refractivity contribution in [3.8, 4) is 0 Å². The summed E-state index contributed by atoms with van der Waals surface area (Å²) < 4.78 is 27.0. The van der Waals surface area contributed by atoms with E-state index in [4.69, 9.17) is 5.73 Å². The zero-order chi connectivity index (χ0) is 25.2. The first-order valence-electron chi connectivity index (χ1n) is 12.5. The second kappa shape index (κ2) is 10.2. The van der Waals surface area contributed by atoms with Crippen LogP contribution >= 0.6 is 0 Å². The number of carbonyl (C=O) groups excluding carboxylic acids is 1. The standard InChI is InChI=1S/C25H36N4O5S/c1-16-4-6-20(7-5-16)35(33,34)29-24(26)27-8-2-3-21(23(31)32)28-22(30)15-25-12-17-9-18(13-25)11-19(10-17)14-25/h4-7,17-19,21H,2-3,8-15H2,1H3,(H,28,30)(H,31,32)(H3,26,27,29)/t17?,18?,19?,21-,25?/m0/s1. The summed E-state index contributed by atoms with van der Waals surface area (Å²) in [4.78, 5) is 28.6. The van der Waals surface area contributed by atoms with Gasteiger partial charge in [0.05, 0.1) is 4.90 Å². The number of aliphatic imine (C=N–C) groups is 1. The van der Waals surface area contributed by atoms with Crippen molar-refractivity contribution in [2.24, 2.45) is 33.9 Å². The Hall–Kier alpha value is -2.62. The summed E-state index contributed by atoms with van der Waals surface area (Å²) in [7, 11) is -3.84. The van der Waals surface area contributed by atoms with Crippen LogP contribution in [-0.2, 0) is 19.6 Å². The number of hydrogen-bond acceptors (Lipinski definition) is 5. The predicted octanol–water partition coefficient (Wildman–Crippen LogP) is 2.54. The Labute approximate surface area is 207 Å². The van der Waals surface area contributed by atoms with Crippen molar-refractivity contribution in [2.75, 3.05) is 6.54 Å². The molecule has 1 aromatic rings. The van der Waals surface area contributed by atoms with E-state index in [1.54, 1.807) is 12.1 Å². The zero-order valence-corrected chi connectivity index (χ0v) is 21.0. The number of guanidine groups is 1. The van der Waals surface area contributed by atoms with Crippen LogP contribution in [0.3, 0.4) is 0 Å². The number of hydrogen-bond donors (Lipinski definition) is 4. The molecule has 1 aromatic carbocycles. The van der Waals surface area contributed by atoms with Gasteiger partial charge >= 0.3 is 5.97 Å². The largest absolute Gasteiger partial charge is 0.480 e. The van der Waals surface area contributed by atoms with E-state index in [9.17, 15) is 23.1 Å². The summed E-state index contributed by atoms with van der Waals surface area (Å²) in [6.07, 6.45) is 8.09. The number of nitrogens with two attached hydrogens (primary N) is 1. The number of carboxylic acid groups (broad SMARTS) is 1.